The fraction of sp³-hybridized carbons (Fsp3) is 0.0714. The highest BCUT2D eigenvalue weighted by molar-refractivity contribution is 7.90. The van der Waals surface area contributed by atoms with Gasteiger partial charge in [-0.15, -0.1) is 0 Å². The van der Waals surface area contributed by atoms with Crippen LogP contribution in [0.3, 0.4) is 0 Å². The van der Waals surface area contributed by atoms with E-state index in [1.165, 1.54) is 3.97 Å². The maximum absolute atomic E-state index is 13.9. The van der Waals surface area contributed by atoms with Crippen LogP contribution in [0.5, 0.6) is 0 Å². The molecule has 3 heterocycles. The summed E-state index contributed by atoms with van der Waals surface area (Å²) in [5.41, 5.74) is 6.37. The molecule has 4 nitrogen and oxygen atoms in total. The van der Waals surface area contributed by atoms with Gasteiger partial charge in [-0.1, -0.05) is 53.6 Å². The van der Waals surface area contributed by atoms with Crippen LogP contribution in [0, 0.1) is 13.8 Å². The summed E-state index contributed by atoms with van der Waals surface area (Å²) in [6.45, 7) is 3.92. The highest BCUT2D eigenvalue weighted by atomic mass is 35.5. The number of hydrogen-bond acceptors (Lipinski definition) is 2. The van der Waals surface area contributed by atoms with Gasteiger partial charge in [-0.3, -0.25) is 0 Å². The summed E-state index contributed by atoms with van der Waals surface area (Å²) in [5.74, 6) is 0. The quantitative estimate of drug-likeness (QED) is 0.266. The number of halogens is 1. The van der Waals surface area contributed by atoms with Gasteiger partial charge in [0.25, 0.3) is 10.0 Å². The number of aromatic nitrogens is 2. The van der Waals surface area contributed by atoms with Crippen LogP contribution in [0.1, 0.15) is 11.1 Å². The monoisotopic (exact) mass is 484 g/mol. The summed E-state index contributed by atoms with van der Waals surface area (Å²) in [6.07, 6.45) is 4.08. The Morgan fingerprint density at radius 3 is 2.09 bits per heavy atom. The zero-order valence-electron chi connectivity index (χ0n) is 18.7. The van der Waals surface area contributed by atoms with E-state index in [0.29, 0.717) is 16.1 Å². The standard InChI is InChI=1S/C28H21ClN2O2S/c1-18-3-10-24(11-4-18)34(32,33)31-27-13-19(2)5-12-25(27)26-17-30-16-21(14-23(30)15-28(26)31)20-6-8-22(29)9-7-20/h3-17H,1-2H3. The lowest BCUT2D eigenvalue weighted by molar-refractivity contribution is 0.590. The molecule has 34 heavy (non-hydrogen) atoms. The third kappa shape index (κ3) is 3.23. The van der Waals surface area contributed by atoms with Gasteiger partial charge in [0, 0.05) is 39.3 Å². The summed E-state index contributed by atoms with van der Waals surface area (Å²) in [6, 6.07) is 24.7. The smallest absolute Gasteiger partial charge is 0.268 e. The predicted molar refractivity (Wildman–Crippen MR) is 139 cm³/mol. The molecular formula is C28H21ClN2O2S. The molecule has 6 rings (SSSR count). The average molecular weight is 485 g/mol. The van der Waals surface area contributed by atoms with E-state index in [1.54, 1.807) is 12.1 Å². The summed E-state index contributed by atoms with van der Waals surface area (Å²) in [4.78, 5) is 0.274. The Labute approximate surface area is 202 Å². The first-order valence-corrected chi connectivity index (χ1v) is 12.8. The van der Waals surface area contributed by atoms with E-state index >= 15 is 0 Å². The van der Waals surface area contributed by atoms with Gasteiger partial charge in [-0.2, -0.15) is 0 Å². The van der Waals surface area contributed by atoms with Crippen molar-refractivity contribution in [1.82, 2.24) is 8.37 Å². The molecule has 0 saturated heterocycles. The number of fused-ring (bicyclic) bond motifs is 4. The van der Waals surface area contributed by atoms with Crippen LogP contribution in [-0.4, -0.2) is 16.8 Å². The lowest BCUT2D eigenvalue weighted by Crippen LogP contribution is -2.12. The molecule has 3 aromatic heterocycles. The van der Waals surface area contributed by atoms with Gasteiger partial charge in [-0.25, -0.2) is 12.4 Å². The van der Waals surface area contributed by atoms with Crippen molar-refractivity contribution in [2.24, 2.45) is 0 Å². The van der Waals surface area contributed by atoms with Crippen molar-refractivity contribution in [2.75, 3.05) is 0 Å². The van der Waals surface area contributed by atoms with Crippen molar-refractivity contribution in [3.63, 3.8) is 0 Å². The maximum Gasteiger partial charge on any atom is 0.268 e. The van der Waals surface area contributed by atoms with Gasteiger partial charge in [0.1, 0.15) is 0 Å². The molecule has 0 aliphatic rings. The Hall–Kier alpha value is -3.54. The van der Waals surface area contributed by atoms with Crippen LogP contribution >= 0.6 is 11.6 Å². The molecule has 0 amide bonds. The minimum absolute atomic E-state index is 0.274. The summed E-state index contributed by atoms with van der Waals surface area (Å²) < 4.78 is 31.3. The first-order chi connectivity index (χ1) is 16.3. The van der Waals surface area contributed by atoms with Crippen LogP contribution < -0.4 is 0 Å². The molecule has 0 bridgehead atoms. The van der Waals surface area contributed by atoms with Crippen molar-refractivity contribution in [1.29, 1.82) is 0 Å². The van der Waals surface area contributed by atoms with E-state index in [0.717, 1.165) is 38.5 Å². The first kappa shape index (κ1) is 21.0. The molecule has 3 aromatic carbocycles. The van der Waals surface area contributed by atoms with Gasteiger partial charge in [-0.05, 0) is 67.4 Å². The van der Waals surface area contributed by atoms with Crippen molar-refractivity contribution in [3.8, 4) is 11.1 Å². The molecule has 6 aromatic rings. The second-order valence-corrected chi connectivity index (χ2v) is 11.0. The van der Waals surface area contributed by atoms with Gasteiger partial charge in [0.15, 0.2) is 0 Å². The van der Waals surface area contributed by atoms with Gasteiger partial charge in [0.05, 0.1) is 15.9 Å². The van der Waals surface area contributed by atoms with E-state index in [1.807, 2.05) is 80.7 Å². The first-order valence-electron chi connectivity index (χ1n) is 11.0. The van der Waals surface area contributed by atoms with E-state index in [4.69, 9.17) is 11.6 Å². The van der Waals surface area contributed by atoms with Gasteiger partial charge >= 0.3 is 0 Å². The molecule has 0 aliphatic carbocycles. The minimum atomic E-state index is -3.81. The molecule has 168 valence electrons. The lowest BCUT2D eigenvalue weighted by Gasteiger charge is -2.10. The Morgan fingerprint density at radius 1 is 0.676 bits per heavy atom. The fourth-order valence-corrected chi connectivity index (χ4v) is 6.20. The number of hydrogen-bond donors (Lipinski definition) is 0. The number of benzene rings is 3. The summed E-state index contributed by atoms with van der Waals surface area (Å²) in [5, 5.41) is 2.48. The molecule has 0 radical (unpaired) electrons. The Bertz CT molecular complexity index is 1830. The highest BCUT2D eigenvalue weighted by Gasteiger charge is 2.24. The summed E-state index contributed by atoms with van der Waals surface area (Å²) >= 11 is 6.06. The zero-order chi connectivity index (χ0) is 23.6. The Balaban J connectivity index is 1.66. The average Bonchev–Trinajstić information content (AvgIpc) is 3.36. The van der Waals surface area contributed by atoms with E-state index in [2.05, 4.69) is 16.7 Å². The molecule has 0 unspecified atom stereocenters. The largest absolute Gasteiger partial charge is 0.322 e. The normalized spacial score (nSPS) is 12.2. The molecule has 0 spiro atoms. The number of aryl methyl sites for hydroxylation is 2. The minimum Gasteiger partial charge on any atom is -0.322 e. The second-order valence-electron chi connectivity index (χ2n) is 8.74. The third-order valence-electron chi connectivity index (χ3n) is 6.33. The SMILES string of the molecule is Cc1ccc(S(=O)(=O)n2c3cc(C)ccc3c3cn4cc(-c5ccc(Cl)cc5)cc4cc32)cc1. The molecule has 0 N–H and O–H groups in total. The van der Waals surface area contributed by atoms with Gasteiger partial charge in [0.2, 0.25) is 0 Å². The van der Waals surface area contributed by atoms with E-state index in [9.17, 15) is 8.42 Å². The van der Waals surface area contributed by atoms with Crippen LogP contribution in [0.4, 0.5) is 0 Å². The maximum atomic E-state index is 13.9. The zero-order valence-corrected chi connectivity index (χ0v) is 20.2. The van der Waals surface area contributed by atoms with Crippen LogP contribution in [0.15, 0.2) is 96.2 Å². The van der Waals surface area contributed by atoms with Crippen molar-refractivity contribution in [2.45, 2.75) is 18.7 Å². The topological polar surface area (TPSA) is 43.5 Å². The number of nitrogens with zero attached hydrogens (tertiary/aromatic N) is 2. The van der Waals surface area contributed by atoms with Crippen molar-refractivity contribution < 1.29 is 8.42 Å². The highest BCUT2D eigenvalue weighted by Crippen LogP contribution is 2.35. The second kappa shape index (κ2) is 7.49. The Kier molecular flexibility index (Phi) is 4.63. The Morgan fingerprint density at radius 2 is 1.35 bits per heavy atom. The number of rotatable bonds is 3. The molecule has 6 heteroatoms. The molecular weight excluding hydrogens is 464 g/mol. The summed E-state index contributed by atoms with van der Waals surface area (Å²) in [7, 11) is -3.81. The molecule has 0 aliphatic heterocycles. The molecule has 0 fully saturated rings. The van der Waals surface area contributed by atoms with Crippen LogP contribution in [-0.2, 0) is 10.0 Å². The van der Waals surface area contributed by atoms with E-state index < -0.39 is 10.0 Å². The predicted octanol–water partition coefficient (Wildman–Crippen LogP) is 7.22. The van der Waals surface area contributed by atoms with E-state index in [-0.39, 0.29) is 4.90 Å². The van der Waals surface area contributed by atoms with Crippen LogP contribution in [0.25, 0.3) is 38.4 Å². The lowest BCUT2D eigenvalue weighted by atomic mass is 10.1. The fourth-order valence-electron chi connectivity index (χ4n) is 4.56. The van der Waals surface area contributed by atoms with Gasteiger partial charge < -0.3 is 4.40 Å². The number of pyridine rings is 1. The molecule has 0 atom stereocenters. The van der Waals surface area contributed by atoms with Crippen LogP contribution in [0.2, 0.25) is 5.02 Å². The van der Waals surface area contributed by atoms with Crippen molar-refractivity contribution in [3.05, 3.63) is 107 Å². The molecule has 0 saturated carbocycles. The van der Waals surface area contributed by atoms with Crippen molar-refractivity contribution >= 4 is 48.9 Å². The third-order valence-corrected chi connectivity index (χ3v) is 8.32.